The van der Waals surface area contributed by atoms with Crippen LogP contribution in [0.4, 0.5) is 0 Å². The standard InChI is InChI=1S/C33H36ClN3O5S/c34-26-19-17-25(18-20-26)23-36(29(22-24-10-3-1-4-11-24)32(39)35-27-12-5-2-6-13-27)31(38)16-9-21-37-33(40)28-14-7-8-15-30(28)43(37,41)42/h1,3-4,7-8,10-11,14-15,17-20,27,29H,2,5-6,9,12-13,16,21-23H2,(H,35,39). The topological polar surface area (TPSA) is 104 Å². The molecule has 0 spiro atoms. The molecule has 3 aromatic rings. The predicted octanol–water partition coefficient (Wildman–Crippen LogP) is 5.35. The Kier molecular flexibility index (Phi) is 9.82. The summed E-state index contributed by atoms with van der Waals surface area (Å²) in [5.74, 6) is -1.09. The Hall–Kier alpha value is -3.69. The predicted molar refractivity (Wildman–Crippen MR) is 165 cm³/mol. The molecular formula is C33H36ClN3O5S. The lowest BCUT2D eigenvalue weighted by molar-refractivity contribution is -0.141. The third-order valence-corrected chi connectivity index (χ3v) is 10.2. The summed E-state index contributed by atoms with van der Waals surface area (Å²) in [5.41, 5.74) is 1.88. The highest BCUT2D eigenvalue weighted by Crippen LogP contribution is 2.30. The fourth-order valence-corrected chi connectivity index (χ4v) is 7.59. The fourth-order valence-electron chi connectivity index (χ4n) is 5.85. The number of carbonyl (C=O) groups excluding carboxylic acids is 3. The third-order valence-electron chi connectivity index (χ3n) is 8.15. The molecule has 0 aromatic heterocycles. The number of fused-ring (bicyclic) bond motifs is 1. The van der Waals surface area contributed by atoms with Crippen molar-refractivity contribution < 1.29 is 22.8 Å². The lowest BCUT2D eigenvalue weighted by Crippen LogP contribution is -2.52. The van der Waals surface area contributed by atoms with Crippen LogP contribution in [0.3, 0.4) is 0 Å². The third kappa shape index (κ3) is 7.28. The highest BCUT2D eigenvalue weighted by molar-refractivity contribution is 7.90. The second-order valence-electron chi connectivity index (χ2n) is 11.2. The summed E-state index contributed by atoms with van der Waals surface area (Å²) in [6.07, 6.45) is 5.51. The molecule has 1 N–H and O–H groups in total. The van der Waals surface area contributed by atoms with E-state index in [9.17, 15) is 22.8 Å². The van der Waals surface area contributed by atoms with Crippen LogP contribution < -0.4 is 5.32 Å². The van der Waals surface area contributed by atoms with Gasteiger partial charge in [-0.1, -0.05) is 85.5 Å². The Labute approximate surface area is 258 Å². The van der Waals surface area contributed by atoms with E-state index < -0.39 is 22.0 Å². The van der Waals surface area contributed by atoms with Gasteiger partial charge in [0.1, 0.15) is 10.9 Å². The quantitative estimate of drug-likeness (QED) is 0.311. The van der Waals surface area contributed by atoms with E-state index in [4.69, 9.17) is 11.6 Å². The van der Waals surface area contributed by atoms with E-state index in [0.717, 1.165) is 47.5 Å². The number of rotatable bonds is 11. The minimum Gasteiger partial charge on any atom is -0.352 e. The summed E-state index contributed by atoms with van der Waals surface area (Å²) in [5, 5.41) is 3.78. The molecule has 2 aliphatic rings. The number of hydrogen-bond acceptors (Lipinski definition) is 5. The van der Waals surface area contributed by atoms with Gasteiger partial charge < -0.3 is 10.2 Å². The number of nitrogens with one attached hydrogen (secondary N) is 1. The number of halogens is 1. The van der Waals surface area contributed by atoms with Crippen LogP contribution in [0.25, 0.3) is 0 Å². The van der Waals surface area contributed by atoms with Crippen molar-refractivity contribution in [2.75, 3.05) is 6.54 Å². The summed E-state index contributed by atoms with van der Waals surface area (Å²) in [6.45, 7) is 0.0476. The maximum absolute atomic E-state index is 13.9. The monoisotopic (exact) mass is 621 g/mol. The van der Waals surface area contributed by atoms with E-state index in [2.05, 4.69) is 5.32 Å². The van der Waals surface area contributed by atoms with Crippen LogP contribution in [0.2, 0.25) is 5.02 Å². The Morgan fingerprint density at radius 1 is 0.907 bits per heavy atom. The molecule has 3 amide bonds. The highest BCUT2D eigenvalue weighted by Gasteiger charge is 2.40. The van der Waals surface area contributed by atoms with Gasteiger partial charge in [0.15, 0.2) is 0 Å². The van der Waals surface area contributed by atoms with E-state index in [-0.39, 0.29) is 54.2 Å². The number of benzene rings is 3. The molecule has 226 valence electrons. The minimum atomic E-state index is -3.97. The molecule has 5 rings (SSSR count). The number of sulfonamides is 1. The molecule has 1 aliphatic heterocycles. The Bertz CT molecular complexity index is 1560. The molecule has 0 saturated heterocycles. The van der Waals surface area contributed by atoms with Crippen molar-refractivity contribution in [3.8, 4) is 0 Å². The van der Waals surface area contributed by atoms with Gasteiger partial charge in [-0.3, -0.25) is 14.4 Å². The van der Waals surface area contributed by atoms with Crippen LogP contribution in [-0.4, -0.2) is 54.0 Å². The van der Waals surface area contributed by atoms with Gasteiger partial charge in [-0.15, -0.1) is 0 Å². The van der Waals surface area contributed by atoms with Gasteiger partial charge in [0.2, 0.25) is 11.8 Å². The maximum Gasteiger partial charge on any atom is 0.269 e. The molecular weight excluding hydrogens is 586 g/mol. The molecule has 8 nitrogen and oxygen atoms in total. The second-order valence-corrected chi connectivity index (χ2v) is 13.4. The first-order valence-electron chi connectivity index (χ1n) is 14.8. The maximum atomic E-state index is 13.9. The number of nitrogens with zero attached hydrogens (tertiary/aromatic N) is 2. The summed E-state index contributed by atoms with van der Waals surface area (Å²) >= 11 is 6.11. The van der Waals surface area contributed by atoms with Crippen LogP contribution >= 0.6 is 11.6 Å². The summed E-state index contributed by atoms with van der Waals surface area (Å²) in [6, 6.07) is 22.1. The zero-order valence-corrected chi connectivity index (χ0v) is 25.5. The molecule has 43 heavy (non-hydrogen) atoms. The van der Waals surface area contributed by atoms with Gasteiger partial charge in [-0.25, -0.2) is 12.7 Å². The van der Waals surface area contributed by atoms with Crippen LogP contribution in [0.1, 0.15) is 66.4 Å². The van der Waals surface area contributed by atoms with Gasteiger partial charge in [0.05, 0.1) is 5.56 Å². The van der Waals surface area contributed by atoms with E-state index in [1.54, 1.807) is 29.2 Å². The molecule has 10 heteroatoms. The second kappa shape index (κ2) is 13.7. The number of amides is 3. The zero-order valence-electron chi connectivity index (χ0n) is 24.0. The van der Waals surface area contributed by atoms with E-state index in [1.807, 2.05) is 42.5 Å². The number of hydrogen-bond donors (Lipinski definition) is 1. The van der Waals surface area contributed by atoms with Crippen LogP contribution in [0.5, 0.6) is 0 Å². The van der Waals surface area contributed by atoms with E-state index >= 15 is 0 Å². The van der Waals surface area contributed by atoms with Gasteiger partial charge >= 0.3 is 0 Å². The fraction of sp³-hybridized carbons (Fsp3) is 0.364. The van der Waals surface area contributed by atoms with Crippen LogP contribution in [-0.2, 0) is 32.6 Å². The van der Waals surface area contributed by atoms with Gasteiger partial charge in [-0.2, -0.15) is 0 Å². The summed E-state index contributed by atoms with van der Waals surface area (Å²) in [7, 11) is -3.97. The van der Waals surface area contributed by atoms with Gasteiger partial charge in [0, 0.05) is 37.0 Å². The molecule has 1 saturated carbocycles. The van der Waals surface area contributed by atoms with Crippen molar-refractivity contribution in [1.82, 2.24) is 14.5 Å². The minimum absolute atomic E-state index is 0.0157. The van der Waals surface area contributed by atoms with Gasteiger partial charge in [-0.05, 0) is 54.7 Å². The van der Waals surface area contributed by atoms with Crippen molar-refractivity contribution >= 4 is 39.3 Å². The first-order chi connectivity index (χ1) is 20.7. The van der Waals surface area contributed by atoms with Crippen molar-refractivity contribution in [2.45, 2.75) is 74.9 Å². The number of carbonyl (C=O) groups is 3. The Balaban J connectivity index is 1.37. The molecule has 1 fully saturated rings. The Morgan fingerprint density at radius 3 is 2.28 bits per heavy atom. The van der Waals surface area contributed by atoms with Crippen LogP contribution in [0.15, 0.2) is 83.8 Å². The van der Waals surface area contributed by atoms with Crippen molar-refractivity contribution in [1.29, 1.82) is 0 Å². The lowest BCUT2D eigenvalue weighted by atomic mass is 9.94. The molecule has 1 aliphatic carbocycles. The average molecular weight is 622 g/mol. The smallest absolute Gasteiger partial charge is 0.269 e. The van der Waals surface area contributed by atoms with E-state index in [0.29, 0.717) is 11.4 Å². The molecule has 1 atom stereocenters. The van der Waals surface area contributed by atoms with Crippen molar-refractivity contribution in [2.24, 2.45) is 0 Å². The summed E-state index contributed by atoms with van der Waals surface area (Å²) in [4.78, 5) is 42.3. The first kappa shape index (κ1) is 30.8. The lowest BCUT2D eigenvalue weighted by Gasteiger charge is -2.33. The van der Waals surface area contributed by atoms with E-state index in [1.165, 1.54) is 12.1 Å². The molecule has 0 radical (unpaired) electrons. The van der Waals surface area contributed by atoms with Crippen LogP contribution in [0, 0.1) is 0 Å². The zero-order chi connectivity index (χ0) is 30.4. The van der Waals surface area contributed by atoms with Gasteiger partial charge in [0.25, 0.3) is 15.9 Å². The largest absolute Gasteiger partial charge is 0.352 e. The molecule has 1 heterocycles. The van der Waals surface area contributed by atoms with Crippen molar-refractivity contribution in [3.05, 3.63) is 101 Å². The Morgan fingerprint density at radius 2 is 1.58 bits per heavy atom. The molecule has 3 aromatic carbocycles. The molecule has 1 unspecified atom stereocenters. The molecule has 0 bridgehead atoms. The van der Waals surface area contributed by atoms with Crippen molar-refractivity contribution in [3.63, 3.8) is 0 Å². The summed E-state index contributed by atoms with van der Waals surface area (Å²) < 4.78 is 26.9. The average Bonchev–Trinajstić information content (AvgIpc) is 3.21. The normalized spacial score (nSPS) is 16.9. The first-order valence-corrected chi connectivity index (χ1v) is 16.6. The highest BCUT2D eigenvalue weighted by atomic mass is 35.5. The SMILES string of the molecule is O=C(NC1CCCCC1)C(Cc1ccccc1)N(Cc1ccc(Cl)cc1)C(=O)CCCN1C(=O)c2ccccc2S1(=O)=O.